The van der Waals surface area contributed by atoms with Gasteiger partial charge in [0.15, 0.2) is 0 Å². The number of nitrogens with zero attached hydrogens (tertiary/aromatic N) is 1. The SMILES string of the molecule is COCCCCOc1cc(NC2CCC(OC(N)=O)CC2)ccc1N1CCC(C(F)(F)F)CC1. The fourth-order valence-corrected chi connectivity index (χ4v) is 4.68. The lowest BCUT2D eigenvalue weighted by Crippen LogP contribution is -2.39. The molecule has 0 bridgehead atoms. The number of halogens is 3. The van der Waals surface area contributed by atoms with Crippen molar-refractivity contribution in [2.45, 2.75) is 69.7 Å². The Morgan fingerprint density at radius 2 is 1.76 bits per heavy atom. The second-order valence-corrected chi connectivity index (χ2v) is 9.09. The van der Waals surface area contributed by atoms with E-state index in [9.17, 15) is 18.0 Å². The van der Waals surface area contributed by atoms with Gasteiger partial charge in [0, 0.05) is 44.6 Å². The average Bonchev–Trinajstić information content (AvgIpc) is 2.80. The zero-order chi connectivity index (χ0) is 24.6. The van der Waals surface area contributed by atoms with Crippen molar-refractivity contribution in [3.63, 3.8) is 0 Å². The maximum Gasteiger partial charge on any atom is 0.404 e. The molecule has 10 heteroatoms. The normalized spacial score (nSPS) is 21.8. The van der Waals surface area contributed by atoms with Gasteiger partial charge in [-0.1, -0.05) is 0 Å². The Bertz CT molecular complexity index is 777. The molecule has 1 saturated heterocycles. The summed E-state index contributed by atoms with van der Waals surface area (Å²) in [6, 6.07) is 6.06. The number of nitrogens with one attached hydrogen (secondary N) is 1. The van der Waals surface area contributed by atoms with Crippen molar-refractivity contribution in [1.82, 2.24) is 0 Å². The molecule has 0 unspecified atom stereocenters. The van der Waals surface area contributed by atoms with E-state index in [1.54, 1.807) is 7.11 Å². The molecule has 0 radical (unpaired) electrons. The van der Waals surface area contributed by atoms with E-state index in [2.05, 4.69) is 5.32 Å². The Balaban J connectivity index is 1.63. The maximum atomic E-state index is 13.1. The number of anilines is 2. The number of hydrogen-bond acceptors (Lipinski definition) is 6. The summed E-state index contributed by atoms with van der Waals surface area (Å²) in [5, 5.41) is 3.52. The molecule has 1 aliphatic carbocycles. The van der Waals surface area contributed by atoms with Gasteiger partial charge >= 0.3 is 12.3 Å². The van der Waals surface area contributed by atoms with Gasteiger partial charge in [-0.05, 0) is 63.5 Å². The van der Waals surface area contributed by atoms with Gasteiger partial charge in [-0.25, -0.2) is 4.79 Å². The topological polar surface area (TPSA) is 86.0 Å². The van der Waals surface area contributed by atoms with E-state index in [1.807, 2.05) is 23.1 Å². The molecule has 3 N–H and O–H groups in total. The lowest BCUT2D eigenvalue weighted by Gasteiger charge is -2.35. The van der Waals surface area contributed by atoms with Crippen molar-refractivity contribution in [2.75, 3.05) is 43.6 Å². The Hall–Kier alpha value is -2.36. The number of nitrogens with two attached hydrogens (primary N) is 1. The first-order chi connectivity index (χ1) is 16.3. The van der Waals surface area contributed by atoms with Crippen molar-refractivity contribution in [3.05, 3.63) is 18.2 Å². The van der Waals surface area contributed by atoms with Crippen LogP contribution < -0.4 is 20.7 Å². The number of piperidine rings is 1. The highest BCUT2D eigenvalue weighted by Gasteiger charge is 2.41. The van der Waals surface area contributed by atoms with Crippen LogP contribution >= 0.6 is 0 Å². The third-order valence-electron chi connectivity index (χ3n) is 6.59. The fraction of sp³-hybridized carbons (Fsp3) is 0.708. The van der Waals surface area contributed by atoms with Gasteiger partial charge in [0.1, 0.15) is 11.9 Å². The van der Waals surface area contributed by atoms with Crippen LogP contribution in [0.4, 0.5) is 29.3 Å². The van der Waals surface area contributed by atoms with Crippen molar-refractivity contribution < 1.29 is 32.2 Å². The molecular formula is C24H36F3N3O4. The first-order valence-electron chi connectivity index (χ1n) is 12.1. The molecule has 34 heavy (non-hydrogen) atoms. The molecule has 1 aromatic carbocycles. The molecule has 3 rings (SSSR count). The van der Waals surface area contributed by atoms with Gasteiger partial charge in [-0.3, -0.25) is 0 Å². The van der Waals surface area contributed by atoms with Gasteiger partial charge in [0.2, 0.25) is 0 Å². The lowest BCUT2D eigenvalue weighted by atomic mass is 9.92. The van der Waals surface area contributed by atoms with Gasteiger partial charge in [0.25, 0.3) is 0 Å². The Morgan fingerprint density at radius 1 is 1.09 bits per heavy atom. The number of ether oxygens (including phenoxy) is 3. The zero-order valence-electron chi connectivity index (χ0n) is 19.7. The van der Waals surface area contributed by atoms with Crippen LogP contribution in [0.3, 0.4) is 0 Å². The summed E-state index contributed by atoms with van der Waals surface area (Å²) < 4.78 is 55.5. The molecule has 1 saturated carbocycles. The first kappa shape index (κ1) is 26.2. The largest absolute Gasteiger partial charge is 0.491 e. The van der Waals surface area contributed by atoms with Gasteiger partial charge in [-0.15, -0.1) is 0 Å². The molecule has 0 spiro atoms. The van der Waals surface area contributed by atoms with Crippen molar-refractivity contribution in [2.24, 2.45) is 11.7 Å². The summed E-state index contributed by atoms with van der Waals surface area (Å²) >= 11 is 0. The van der Waals surface area contributed by atoms with E-state index in [0.717, 1.165) is 49.9 Å². The summed E-state index contributed by atoms with van der Waals surface area (Å²) in [5.41, 5.74) is 6.84. The van der Waals surface area contributed by atoms with Crippen LogP contribution in [0, 0.1) is 5.92 Å². The van der Waals surface area contributed by atoms with E-state index in [4.69, 9.17) is 19.9 Å². The van der Waals surface area contributed by atoms with Crippen LogP contribution in [-0.4, -0.2) is 57.8 Å². The highest BCUT2D eigenvalue weighted by molar-refractivity contribution is 5.66. The number of carbonyl (C=O) groups excluding carboxylic acids is 1. The van der Waals surface area contributed by atoms with Crippen LogP contribution in [0.2, 0.25) is 0 Å². The van der Waals surface area contributed by atoms with Crippen LogP contribution in [-0.2, 0) is 9.47 Å². The summed E-state index contributed by atoms with van der Waals surface area (Å²) in [4.78, 5) is 12.9. The first-order valence-corrected chi connectivity index (χ1v) is 12.1. The molecule has 0 atom stereocenters. The minimum absolute atomic E-state index is 0.0907. The second kappa shape index (κ2) is 12.4. The van der Waals surface area contributed by atoms with E-state index < -0.39 is 18.2 Å². The fourth-order valence-electron chi connectivity index (χ4n) is 4.68. The molecule has 0 aromatic heterocycles. The number of carbonyl (C=O) groups is 1. The molecule has 7 nitrogen and oxygen atoms in total. The van der Waals surface area contributed by atoms with Crippen LogP contribution in [0.25, 0.3) is 0 Å². The van der Waals surface area contributed by atoms with E-state index in [0.29, 0.717) is 32.1 Å². The number of alkyl halides is 3. The molecule has 192 valence electrons. The third kappa shape index (κ3) is 7.85. The smallest absolute Gasteiger partial charge is 0.404 e. The van der Waals surface area contributed by atoms with Crippen molar-refractivity contribution in [1.29, 1.82) is 0 Å². The second-order valence-electron chi connectivity index (χ2n) is 9.09. The molecule has 1 amide bonds. The number of unbranched alkanes of at least 4 members (excludes halogenated alkanes) is 1. The molecule has 2 aliphatic rings. The van der Waals surface area contributed by atoms with Crippen molar-refractivity contribution >= 4 is 17.5 Å². The average molecular weight is 488 g/mol. The minimum Gasteiger partial charge on any atom is -0.491 e. The van der Waals surface area contributed by atoms with Gasteiger partial charge < -0.3 is 30.2 Å². The Labute approximate surface area is 199 Å². The molecule has 1 heterocycles. The molecule has 1 aromatic rings. The number of hydrogen-bond donors (Lipinski definition) is 2. The molecule has 1 aliphatic heterocycles. The zero-order valence-corrected chi connectivity index (χ0v) is 19.7. The lowest BCUT2D eigenvalue weighted by molar-refractivity contribution is -0.179. The standard InChI is InChI=1S/C24H36F3N3O4/c1-32-14-2-3-15-33-22-16-19(29-18-4-7-20(8-5-18)34-23(28)31)6-9-21(22)30-12-10-17(11-13-30)24(25,26)27/h6,9,16-18,20,29H,2-5,7-8,10-15H2,1H3,(H2,28,31). The van der Waals surface area contributed by atoms with Crippen LogP contribution in [0.5, 0.6) is 5.75 Å². The maximum absolute atomic E-state index is 13.1. The highest BCUT2D eigenvalue weighted by atomic mass is 19.4. The van der Waals surface area contributed by atoms with Gasteiger partial charge in [-0.2, -0.15) is 13.2 Å². The summed E-state index contributed by atoms with van der Waals surface area (Å²) in [6.07, 6.45) is 0.0498. The number of rotatable bonds is 10. The molecule has 2 fully saturated rings. The Morgan fingerprint density at radius 3 is 2.38 bits per heavy atom. The van der Waals surface area contributed by atoms with Crippen LogP contribution in [0.1, 0.15) is 51.4 Å². The summed E-state index contributed by atoms with van der Waals surface area (Å²) in [5.74, 6) is -0.560. The number of benzene rings is 1. The van der Waals surface area contributed by atoms with E-state index in [-0.39, 0.29) is 25.0 Å². The van der Waals surface area contributed by atoms with Gasteiger partial charge in [0.05, 0.1) is 18.2 Å². The number of primary amides is 1. The quantitative estimate of drug-likeness (QED) is 0.447. The van der Waals surface area contributed by atoms with Crippen molar-refractivity contribution in [3.8, 4) is 5.75 Å². The highest BCUT2D eigenvalue weighted by Crippen LogP contribution is 2.39. The predicted octanol–water partition coefficient (Wildman–Crippen LogP) is 5.09. The summed E-state index contributed by atoms with van der Waals surface area (Å²) in [7, 11) is 1.66. The monoisotopic (exact) mass is 487 g/mol. The molecular weight excluding hydrogens is 451 g/mol. The number of methoxy groups -OCH3 is 1. The van der Waals surface area contributed by atoms with E-state index in [1.165, 1.54) is 0 Å². The van der Waals surface area contributed by atoms with E-state index >= 15 is 0 Å². The number of amides is 1. The Kier molecular flexibility index (Phi) is 9.55. The third-order valence-corrected chi connectivity index (χ3v) is 6.59. The minimum atomic E-state index is -4.14. The van der Waals surface area contributed by atoms with Crippen LogP contribution in [0.15, 0.2) is 18.2 Å². The summed E-state index contributed by atoms with van der Waals surface area (Å²) in [6.45, 7) is 1.86. The predicted molar refractivity (Wildman–Crippen MR) is 124 cm³/mol.